The highest BCUT2D eigenvalue weighted by molar-refractivity contribution is 6.07. The summed E-state index contributed by atoms with van der Waals surface area (Å²) in [5, 5.41) is 0. The SMILES string of the molecule is CCC(C)(C)c1cc(C=CC(=O)c2ccc(OC(=O)C(C)(C)C)cc2)c(OC(C)C)c(OC)c1OC(=O)C(C)(C)C. The lowest BCUT2D eigenvalue weighted by molar-refractivity contribution is -0.143. The number of carbonyl (C=O) groups excluding carboxylic acids is 3. The standard InChI is InChI=1S/C34H46O7/c1-13-34(10,11)25-20-23(27(39-21(2)3)29(38-12)28(25)41-31(37)33(7,8)9)16-19-26(35)22-14-17-24(18-15-22)40-30(36)32(4,5)6/h14-21H,13H2,1-12H3. The van der Waals surface area contributed by atoms with E-state index in [2.05, 4.69) is 20.8 Å². The second-order valence-corrected chi connectivity index (χ2v) is 13.1. The minimum atomic E-state index is -0.733. The van der Waals surface area contributed by atoms with Crippen LogP contribution in [0.15, 0.2) is 36.4 Å². The molecule has 0 heterocycles. The van der Waals surface area contributed by atoms with Crippen LogP contribution >= 0.6 is 0 Å². The summed E-state index contributed by atoms with van der Waals surface area (Å²) < 4.78 is 23.4. The first-order valence-corrected chi connectivity index (χ1v) is 14.0. The van der Waals surface area contributed by atoms with E-state index in [1.165, 1.54) is 13.2 Å². The number of benzene rings is 2. The van der Waals surface area contributed by atoms with Gasteiger partial charge in [0.25, 0.3) is 0 Å². The van der Waals surface area contributed by atoms with Gasteiger partial charge < -0.3 is 18.9 Å². The number of allylic oxidation sites excluding steroid dienone is 1. The van der Waals surface area contributed by atoms with Crippen LogP contribution in [0.2, 0.25) is 0 Å². The van der Waals surface area contributed by atoms with E-state index in [1.807, 2.05) is 19.9 Å². The molecule has 2 aromatic carbocycles. The van der Waals surface area contributed by atoms with Gasteiger partial charge in [-0.1, -0.05) is 20.8 Å². The number of hydrogen-bond acceptors (Lipinski definition) is 7. The van der Waals surface area contributed by atoms with E-state index >= 15 is 0 Å². The van der Waals surface area contributed by atoms with Crippen molar-refractivity contribution >= 4 is 23.8 Å². The molecular weight excluding hydrogens is 520 g/mol. The quantitative estimate of drug-likeness (QED) is 0.125. The molecule has 2 rings (SSSR count). The number of esters is 2. The predicted molar refractivity (Wildman–Crippen MR) is 162 cm³/mol. The summed E-state index contributed by atoms with van der Waals surface area (Å²) in [6.45, 7) is 20.7. The van der Waals surface area contributed by atoms with Crippen molar-refractivity contribution in [3.63, 3.8) is 0 Å². The summed E-state index contributed by atoms with van der Waals surface area (Å²) in [5.74, 6) is 0.372. The average molecular weight is 567 g/mol. The summed E-state index contributed by atoms with van der Waals surface area (Å²) >= 11 is 0. The third-order valence-corrected chi connectivity index (χ3v) is 6.57. The highest BCUT2D eigenvalue weighted by Gasteiger charge is 2.33. The summed E-state index contributed by atoms with van der Waals surface area (Å²) in [5.41, 5.74) is 0.0575. The van der Waals surface area contributed by atoms with E-state index in [0.29, 0.717) is 34.1 Å². The third kappa shape index (κ3) is 8.69. The van der Waals surface area contributed by atoms with Gasteiger partial charge in [-0.15, -0.1) is 0 Å². The van der Waals surface area contributed by atoms with Crippen molar-refractivity contribution < 1.29 is 33.3 Å². The molecule has 0 radical (unpaired) electrons. The molecule has 0 aliphatic rings. The number of hydrogen-bond donors (Lipinski definition) is 0. The van der Waals surface area contributed by atoms with Gasteiger partial charge in [-0.2, -0.15) is 0 Å². The molecular formula is C34H46O7. The van der Waals surface area contributed by atoms with E-state index in [9.17, 15) is 14.4 Å². The molecule has 0 aliphatic heterocycles. The summed E-state index contributed by atoms with van der Waals surface area (Å²) in [7, 11) is 1.51. The number of ketones is 1. The van der Waals surface area contributed by atoms with Crippen LogP contribution in [0.1, 0.15) is 104 Å². The normalized spacial score (nSPS) is 12.4. The van der Waals surface area contributed by atoms with Crippen molar-refractivity contribution in [2.75, 3.05) is 7.11 Å². The average Bonchev–Trinajstić information content (AvgIpc) is 2.86. The Kier molecular flexibility index (Phi) is 10.6. The Morgan fingerprint density at radius 2 is 1.34 bits per heavy atom. The largest absolute Gasteiger partial charge is 0.490 e. The van der Waals surface area contributed by atoms with E-state index in [-0.39, 0.29) is 23.3 Å². The van der Waals surface area contributed by atoms with Crippen LogP contribution in [0.5, 0.6) is 23.0 Å². The molecule has 0 fully saturated rings. The smallest absolute Gasteiger partial charge is 0.316 e. The minimum Gasteiger partial charge on any atom is -0.490 e. The van der Waals surface area contributed by atoms with Gasteiger partial charge >= 0.3 is 11.9 Å². The molecule has 41 heavy (non-hydrogen) atoms. The number of methoxy groups -OCH3 is 1. The maximum absolute atomic E-state index is 13.1. The zero-order valence-electron chi connectivity index (χ0n) is 26.7. The molecule has 0 spiro atoms. The first-order valence-electron chi connectivity index (χ1n) is 14.0. The Labute approximate surface area is 245 Å². The molecule has 0 saturated heterocycles. The van der Waals surface area contributed by atoms with Gasteiger partial charge in [-0.25, -0.2) is 0 Å². The molecule has 0 amide bonds. The Bertz CT molecular complexity index is 1280. The van der Waals surface area contributed by atoms with Crippen molar-refractivity contribution in [1.82, 2.24) is 0 Å². The van der Waals surface area contributed by atoms with Crippen molar-refractivity contribution in [3.05, 3.63) is 53.1 Å². The van der Waals surface area contributed by atoms with Crippen molar-refractivity contribution in [2.45, 2.75) is 94.1 Å². The van der Waals surface area contributed by atoms with Gasteiger partial charge in [0, 0.05) is 16.7 Å². The van der Waals surface area contributed by atoms with E-state index in [4.69, 9.17) is 18.9 Å². The van der Waals surface area contributed by atoms with Crippen LogP contribution in [-0.4, -0.2) is 30.9 Å². The highest BCUT2D eigenvalue weighted by Crippen LogP contribution is 2.49. The van der Waals surface area contributed by atoms with Gasteiger partial charge in [-0.3, -0.25) is 14.4 Å². The fraction of sp³-hybridized carbons (Fsp3) is 0.500. The van der Waals surface area contributed by atoms with Crippen molar-refractivity contribution in [2.24, 2.45) is 10.8 Å². The Balaban J connectivity index is 2.59. The fourth-order valence-corrected chi connectivity index (χ4v) is 3.56. The molecule has 0 atom stereocenters. The summed E-state index contributed by atoms with van der Waals surface area (Å²) in [4.78, 5) is 38.3. The third-order valence-electron chi connectivity index (χ3n) is 6.57. The van der Waals surface area contributed by atoms with Crippen molar-refractivity contribution in [1.29, 1.82) is 0 Å². The molecule has 0 saturated carbocycles. The number of carbonyl (C=O) groups is 3. The van der Waals surface area contributed by atoms with Crippen LogP contribution in [0.4, 0.5) is 0 Å². The molecule has 2 aromatic rings. The predicted octanol–water partition coefficient (Wildman–Crippen LogP) is 7.97. The van der Waals surface area contributed by atoms with Crippen LogP contribution in [-0.2, 0) is 15.0 Å². The Hall–Kier alpha value is -3.61. The molecule has 7 nitrogen and oxygen atoms in total. The molecule has 224 valence electrons. The van der Waals surface area contributed by atoms with Gasteiger partial charge in [-0.05, 0) is 110 Å². The Morgan fingerprint density at radius 3 is 1.80 bits per heavy atom. The van der Waals surface area contributed by atoms with Crippen molar-refractivity contribution in [3.8, 4) is 23.0 Å². The van der Waals surface area contributed by atoms with E-state index in [1.54, 1.807) is 71.9 Å². The molecule has 0 aromatic heterocycles. The monoisotopic (exact) mass is 566 g/mol. The number of rotatable bonds is 10. The first kappa shape index (κ1) is 33.6. The maximum Gasteiger partial charge on any atom is 0.316 e. The lowest BCUT2D eigenvalue weighted by Gasteiger charge is -2.30. The fourth-order valence-electron chi connectivity index (χ4n) is 3.56. The van der Waals surface area contributed by atoms with Gasteiger partial charge in [0.15, 0.2) is 17.3 Å². The molecule has 0 N–H and O–H groups in total. The maximum atomic E-state index is 13.1. The lowest BCUT2D eigenvalue weighted by atomic mass is 9.80. The zero-order chi connectivity index (χ0) is 31.3. The lowest BCUT2D eigenvalue weighted by Crippen LogP contribution is -2.28. The zero-order valence-corrected chi connectivity index (χ0v) is 26.7. The van der Waals surface area contributed by atoms with Gasteiger partial charge in [0.05, 0.1) is 24.0 Å². The molecule has 0 aliphatic carbocycles. The Morgan fingerprint density at radius 1 is 0.805 bits per heavy atom. The molecule has 7 heteroatoms. The van der Waals surface area contributed by atoms with Crippen LogP contribution in [0.3, 0.4) is 0 Å². The van der Waals surface area contributed by atoms with Crippen LogP contribution in [0, 0.1) is 10.8 Å². The second kappa shape index (κ2) is 12.9. The second-order valence-electron chi connectivity index (χ2n) is 13.1. The number of ether oxygens (including phenoxy) is 4. The van der Waals surface area contributed by atoms with E-state index in [0.717, 1.165) is 12.0 Å². The molecule has 0 bridgehead atoms. The summed E-state index contributed by atoms with van der Waals surface area (Å²) in [6.07, 6.45) is 3.68. The summed E-state index contributed by atoms with van der Waals surface area (Å²) in [6, 6.07) is 8.33. The highest BCUT2D eigenvalue weighted by atomic mass is 16.6. The van der Waals surface area contributed by atoms with Gasteiger partial charge in [0.1, 0.15) is 5.75 Å². The van der Waals surface area contributed by atoms with Crippen LogP contribution < -0.4 is 18.9 Å². The molecule has 0 unspecified atom stereocenters. The van der Waals surface area contributed by atoms with Crippen LogP contribution in [0.25, 0.3) is 6.08 Å². The van der Waals surface area contributed by atoms with Gasteiger partial charge in [0.2, 0.25) is 5.75 Å². The minimum absolute atomic E-state index is 0.216. The first-order chi connectivity index (χ1) is 18.8. The topological polar surface area (TPSA) is 88.1 Å². The van der Waals surface area contributed by atoms with E-state index < -0.39 is 16.8 Å².